The Morgan fingerprint density at radius 1 is 1.19 bits per heavy atom. The van der Waals surface area contributed by atoms with Crippen molar-refractivity contribution in [2.45, 2.75) is 50.0 Å². The highest BCUT2D eigenvalue weighted by molar-refractivity contribution is 9.10. The van der Waals surface area contributed by atoms with Crippen molar-refractivity contribution in [1.82, 2.24) is 4.90 Å². The van der Waals surface area contributed by atoms with E-state index in [9.17, 15) is 13.2 Å². The van der Waals surface area contributed by atoms with Gasteiger partial charge in [0.25, 0.3) is 0 Å². The molecule has 2 fully saturated rings. The highest BCUT2D eigenvalue weighted by Crippen LogP contribution is 2.38. The van der Waals surface area contributed by atoms with E-state index in [-0.39, 0.29) is 10.5 Å². The number of alkyl halides is 3. The number of nitrogens with one attached hydrogen (secondary N) is 1. The van der Waals surface area contributed by atoms with Crippen molar-refractivity contribution >= 4 is 21.6 Å². The van der Waals surface area contributed by atoms with Gasteiger partial charge in [0.15, 0.2) is 0 Å². The van der Waals surface area contributed by atoms with Crippen LogP contribution in [0.15, 0.2) is 22.7 Å². The summed E-state index contributed by atoms with van der Waals surface area (Å²) < 4.78 is 38.9. The summed E-state index contributed by atoms with van der Waals surface area (Å²) in [5.41, 5.74) is -0.0668. The summed E-state index contributed by atoms with van der Waals surface area (Å²) >= 11 is 2.97. The van der Waals surface area contributed by atoms with Crippen molar-refractivity contribution in [3.63, 3.8) is 0 Å². The molecule has 2 unspecified atom stereocenters. The van der Waals surface area contributed by atoms with Gasteiger partial charge in [0.1, 0.15) is 0 Å². The second-order valence-corrected chi connectivity index (χ2v) is 6.91. The third-order valence-electron chi connectivity index (χ3n) is 4.74. The Morgan fingerprint density at radius 2 is 1.81 bits per heavy atom. The number of halogens is 4. The van der Waals surface area contributed by atoms with E-state index in [2.05, 4.69) is 33.2 Å². The summed E-state index contributed by atoms with van der Waals surface area (Å²) in [6, 6.07) is 5.77. The van der Waals surface area contributed by atoms with Gasteiger partial charge in [-0.05, 0) is 50.9 Å². The molecule has 2 bridgehead atoms. The van der Waals surface area contributed by atoms with Crippen LogP contribution in [-0.2, 0) is 6.18 Å². The van der Waals surface area contributed by atoms with Gasteiger partial charge >= 0.3 is 6.18 Å². The molecule has 6 heteroatoms. The largest absolute Gasteiger partial charge is 0.417 e. The topological polar surface area (TPSA) is 15.3 Å². The molecule has 2 atom stereocenters. The average molecular weight is 363 g/mol. The molecule has 3 rings (SSSR count). The molecular formula is C15H18BrF3N2. The Balaban J connectivity index is 1.74. The Kier molecular flexibility index (Phi) is 3.94. The molecule has 2 aliphatic rings. The van der Waals surface area contributed by atoms with Crippen LogP contribution in [0.4, 0.5) is 18.9 Å². The second kappa shape index (κ2) is 5.47. The average Bonchev–Trinajstić information content (AvgIpc) is 2.62. The smallest absolute Gasteiger partial charge is 0.382 e. The predicted molar refractivity (Wildman–Crippen MR) is 80.4 cm³/mol. The molecule has 0 aromatic heterocycles. The fourth-order valence-electron chi connectivity index (χ4n) is 3.60. The van der Waals surface area contributed by atoms with Crippen LogP contribution in [0.2, 0.25) is 0 Å². The first-order valence-corrected chi connectivity index (χ1v) is 7.99. The summed E-state index contributed by atoms with van der Waals surface area (Å²) in [6.07, 6.45) is 0.0815. The van der Waals surface area contributed by atoms with E-state index in [0.717, 1.165) is 12.8 Å². The summed E-state index contributed by atoms with van der Waals surface area (Å²) in [5, 5.41) is 3.29. The minimum absolute atomic E-state index is 0.0870. The van der Waals surface area contributed by atoms with Crippen LogP contribution in [0.3, 0.4) is 0 Å². The summed E-state index contributed by atoms with van der Waals surface area (Å²) in [4.78, 5) is 2.42. The Morgan fingerprint density at radius 3 is 2.38 bits per heavy atom. The zero-order chi connectivity index (χ0) is 15.2. The van der Waals surface area contributed by atoms with Gasteiger partial charge in [-0.3, -0.25) is 0 Å². The van der Waals surface area contributed by atoms with Crippen molar-refractivity contribution < 1.29 is 13.2 Å². The quantitative estimate of drug-likeness (QED) is 0.832. The molecule has 0 aliphatic carbocycles. The van der Waals surface area contributed by atoms with E-state index in [4.69, 9.17) is 0 Å². The van der Waals surface area contributed by atoms with Gasteiger partial charge in [-0.1, -0.05) is 15.9 Å². The minimum Gasteiger partial charge on any atom is -0.382 e. The van der Waals surface area contributed by atoms with Crippen LogP contribution >= 0.6 is 15.9 Å². The number of benzene rings is 1. The highest BCUT2D eigenvalue weighted by Gasteiger charge is 2.38. The predicted octanol–water partition coefficient (Wildman–Crippen LogP) is 4.51. The standard InChI is InChI=1S/C15H18BrF3N2/c1-21-11-3-4-12(21)7-10(6-11)20-9-2-5-14(16)13(8-9)15(17,18)19/h2,5,8,10-12,20H,3-4,6-7H2,1H3. The van der Waals surface area contributed by atoms with E-state index in [1.54, 1.807) is 6.07 Å². The maximum absolute atomic E-state index is 12.9. The van der Waals surface area contributed by atoms with Gasteiger partial charge in [0.2, 0.25) is 0 Å². The number of piperidine rings is 1. The monoisotopic (exact) mass is 362 g/mol. The van der Waals surface area contributed by atoms with E-state index in [1.807, 2.05) is 0 Å². The molecule has 0 saturated carbocycles. The van der Waals surface area contributed by atoms with E-state index in [1.165, 1.54) is 25.0 Å². The molecule has 2 saturated heterocycles. The maximum atomic E-state index is 12.9. The van der Waals surface area contributed by atoms with E-state index < -0.39 is 11.7 Å². The third-order valence-corrected chi connectivity index (χ3v) is 5.43. The first-order valence-electron chi connectivity index (χ1n) is 7.20. The van der Waals surface area contributed by atoms with Gasteiger partial charge in [0, 0.05) is 28.3 Å². The molecule has 2 aliphatic heterocycles. The number of rotatable bonds is 2. The van der Waals surface area contributed by atoms with Crippen LogP contribution in [0, 0.1) is 0 Å². The van der Waals surface area contributed by atoms with Gasteiger partial charge in [-0.15, -0.1) is 0 Å². The third kappa shape index (κ3) is 3.06. The molecule has 0 amide bonds. The normalized spacial score (nSPS) is 29.7. The van der Waals surface area contributed by atoms with Gasteiger partial charge in [-0.25, -0.2) is 0 Å². The van der Waals surface area contributed by atoms with Crippen LogP contribution in [-0.4, -0.2) is 30.1 Å². The van der Waals surface area contributed by atoms with Crippen LogP contribution in [0.1, 0.15) is 31.2 Å². The number of anilines is 1. The van der Waals surface area contributed by atoms with Crippen molar-refractivity contribution in [3.8, 4) is 0 Å². The van der Waals surface area contributed by atoms with E-state index >= 15 is 0 Å². The second-order valence-electron chi connectivity index (χ2n) is 6.06. The van der Waals surface area contributed by atoms with Crippen LogP contribution < -0.4 is 5.32 Å². The fraction of sp³-hybridized carbons (Fsp3) is 0.600. The van der Waals surface area contributed by atoms with Crippen molar-refractivity contribution in [3.05, 3.63) is 28.2 Å². The van der Waals surface area contributed by atoms with Crippen LogP contribution in [0.5, 0.6) is 0 Å². The summed E-state index contributed by atoms with van der Waals surface area (Å²) in [5.74, 6) is 0. The zero-order valence-electron chi connectivity index (χ0n) is 11.8. The number of nitrogens with zero attached hydrogens (tertiary/aromatic N) is 1. The fourth-order valence-corrected chi connectivity index (χ4v) is 4.07. The molecule has 116 valence electrons. The Hall–Kier alpha value is -0.750. The molecule has 0 spiro atoms. The number of hydrogen-bond acceptors (Lipinski definition) is 2. The molecule has 1 aromatic carbocycles. The molecule has 21 heavy (non-hydrogen) atoms. The lowest BCUT2D eigenvalue weighted by atomic mass is 9.97. The van der Waals surface area contributed by atoms with Gasteiger partial charge in [-0.2, -0.15) is 13.2 Å². The SMILES string of the molecule is CN1C2CCC1CC(Nc1ccc(Br)c(C(F)(F)F)c1)C2. The molecule has 2 heterocycles. The molecule has 1 aromatic rings. The molecule has 2 nitrogen and oxygen atoms in total. The molecular weight excluding hydrogens is 345 g/mol. The number of hydrogen-bond donors (Lipinski definition) is 1. The van der Waals surface area contributed by atoms with Gasteiger partial charge in [0.05, 0.1) is 5.56 Å². The first-order chi connectivity index (χ1) is 9.84. The summed E-state index contributed by atoms with van der Waals surface area (Å²) in [7, 11) is 2.15. The lowest BCUT2D eigenvalue weighted by Crippen LogP contribution is -2.44. The Labute approximate surface area is 130 Å². The van der Waals surface area contributed by atoms with Gasteiger partial charge < -0.3 is 10.2 Å². The van der Waals surface area contributed by atoms with Crippen molar-refractivity contribution in [2.24, 2.45) is 0 Å². The highest BCUT2D eigenvalue weighted by atomic mass is 79.9. The Bertz CT molecular complexity index is 518. The lowest BCUT2D eigenvalue weighted by Gasteiger charge is -2.37. The zero-order valence-corrected chi connectivity index (χ0v) is 13.3. The maximum Gasteiger partial charge on any atom is 0.417 e. The van der Waals surface area contributed by atoms with E-state index in [0.29, 0.717) is 17.8 Å². The molecule has 1 N–H and O–H groups in total. The minimum atomic E-state index is -4.33. The number of fused-ring (bicyclic) bond motifs is 2. The first kappa shape index (κ1) is 15.2. The van der Waals surface area contributed by atoms with Crippen LogP contribution in [0.25, 0.3) is 0 Å². The molecule has 0 radical (unpaired) electrons. The van der Waals surface area contributed by atoms with Crippen molar-refractivity contribution in [1.29, 1.82) is 0 Å². The van der Waals surface area contributed by atoms with Crippen molar-refractivity contribution in [2.75, 3.05) is 12.4 Å². The summed E-state index contributed by atoms with van der Waals surface area (Å²) in [6.45, 7) is 0. The lowest BCUT2D eigenvalue weighted by molar-refractivity contribution is -0.138.